The van der Waals surface area contributed by atoms with Crippen LogP contribution in [-0.4, -0.2) is 17.9 Å². The Labute approximate surface area is 62.7 Å². The molecule has 0 heterocycles. The summed E-state index contributed by atoms with van der Waals surface area (Å²) in [7, 11) is 1.31. The van der Waals surface area contributed by atoms with Crippen molar-refractivity contribution in [3.8, 4) is 0 Å². The molecule has 0 aliphatic heterocycles. The van der Waals surface area contributed by atoms with Gasteiger partial charge in [-0.1, -0.05) is 34.8 Å². The largest absolute Gasteiger partial charge is 0.471 e. The third kappa shape index (κ3) is 101. The molecule has 50 valence electrons. The fourth-order valence-corrected chi connectivity index (χ4v) is 0. The van der Waals surface area contributed by atoms with Crippen LogP contribution in [0.2, 0.25) is 0 Å². The molecule has 0 radical (unpaired) electrons. The third-order valence-electron chi connectivity index (χ3n) is 0.0962. The number of carbonyl (C=O) groups is 1. The van der Waals surface area contributed by atoms with E-state index in [0.717, 1.165) is 0 Å². The van der Waals surface area contributed by atoms with Gasteiger partial charge in [-0.3, -0.25) is 4.79 Å². The lowest BCUT2D eigenvalue weighted by Gasteiger charge is -1.69. The second-order valence-corrected chi connectivity index (χ2v) is 2.56. The van der Waals surface area contributed by atoms with Gasteiger partial charge in [0.25, 0.3) is 6.47 Å². The number of hydrogen-bond donors (Lipinski definition) is 0. The Morgan fingerprint density at radius 2 is 1.62 bits per heavy atom. The van der Waals surface area contributed by atoms with E-state index < -0.39 is 4.30 Å². The van der Waals surface area contributed by atoms with Crippen molar-refractivity contribution in [2.45, 2.75) is 4.30 Å². The first kappa shape index (κ1) is 11.2. The van der Waals surface area contributed by atoms with Crippen molar-refractivity contribution in [1.82, 2.24) is 0 Å². The van der Waals surface area contributed by atoms with Gasteiger partial charge in [0.15, 0.2) is 4.30 Å². The van der Waals surface area contributed by atoms with Crippen LogP contribution < -0.4 is 0 Å². The van der Waals surface area contributed by atoms with Gasteiger partial charge in [-0.25, -0.2) is 0 Å². The van der Waals surface area contributed by atoms with Crippen LogP contribution >= 0.6 is 34.8 Å². The summed E-state index contributed by atoms with van der Waals surface area (Å²) in [5.41, 5.74) is 0. The maximum atomic E-state index is 8.95. The van der Waals surface area contributed by atoms with Crippen LogP contribution in [0.15, 0.2) is 0 Å². The minimum atomic E-state index is -0.750. The lowest BCUT2D eigenvalue weighted by Crippen LogP contribution is -1.68. The highest BCUT2D eigenvalue weighted by atomic mass is 35.6. The van der Waals surface area contributed by atoms with Crippen molar-refractivity contribution in [1.29, 1.82) is 0 Å². The zero-order valence-corrected chi connectivity index (χ0v) is 6.37. The van der Waals surface area contributed by atoms with Crippen molar-refractivity contribution in [3.63, 3.8) is 0 Å². The Bertz CT molecular complexity index is 45.0. The molecule has 0 N–H and O–H groups in total. The predicted molar refractivity (Wildman–Crippen MR) is 34.4 cm³/mol. The molecule has 0 atom stereocenters. The summed E-state index contributed by atoms with van der Waals surface area (Å²) in [5.74, 6) is 0. The van der Waals surface area contributed by atoms with Gasteiger partial charge in [-0.2, -0.15) is 0 Å². The van der Waals surface area contributed by atoms with E-state index in [4.69, 9.17) is 39.6 Å². The monoisotopic (exact) mass is 178 g/mol. The van der Waals surface area contributed by atoms with Gasteiger partial charge in [-0.15, -0.1) is 0 Å². The quantitative estimate of drug-likeness (QED) is 0.453. The van der Waals surface area contributed by atoms with E-state index in [9.17, 15) is 0 Å². The molecule has 2 nitrogen and oxygen atoms in total. The van der Waals surface area contributed by atoms with Gasteiger partial charge in [-0.05, 0) is 0 Å². The van der Waals surface area contributed by atoms with Crippen molar-refractivity contribution in [2.75, 3.05) is 7.11 Å². The predicted octanol–water partition coefficient (Wildman–Crippen LogP) is 1.78. The molecule has 0 unspecified atom stereocenters. The summed E-state index contributed by atoms with van der Waals surface area (Å²) in [4.78, 5) is 8.95. The summed E-state index contributed by atoms with van der Waals surface area (Å²) in [6, 6.07) is 0. The maximum absolute atomic E-state index is 8.95. The lowest BCUT2D eigenvalue weighted by molar-refractivity contribution is -0.126. The van der Waals surface area contributed by atoms with Crippen molar-refractivity contribution >= 4 is 41.3 Å². The minimum Gasteiger partial charge on any atom is -0.471 e. The summed E-state index contributed by atoms with van der Waals surface area (Å²) >= 11 is 14.4. The summed E-state index contributed by atoms with van der Waals surface area (Å²) in [5, 5.41) is 0. The van der Waals surface area contributed by atoms with Gasteiger partial charge in [0.05, 0.1) is 7.11 Å². The molecule has 5 heteroatoms. The summed E-state index contributed by atoms with van der Waals surface area (Å²) in [6.45, 7) is 0.375. The molecule has 0 aromatic carbocycles. The SMILES string of the molecule is COC=O.ClC(Cl)Cl. The molecule has 0 aromatic heterocycles. The second kappa shape index (κ2) is 10.3. The molecule has 8 heavy (non-hydrogen) atoms. The van der Waals surface area contributed by atoms with Crippen LogP contribution in [0, 0.1) is 0 Å². The van der Waals surface area contributed by atoms with Crippen LogP contribution in [0.4, 0.5) is 0 Å². The Balaban J connectivity index is 0. The van der Waals surface area contributed by atoms with Crippen molar-refractivity contribution in [3.05, 3.63) is 0 Å². The highest BCUT2D eigenvalue weighted by Crippen LogP contribution is 2.03. The molecular weight excluding hydrogens is 174 g/mol. The number of carbonyl (C=O) groups excluding carboxylic acids is 1. The molecule has 0 fully saturated rings. The Kier molecular flexibility index (Phi) is 14.5. The highest BCUT2D eigenvalue weighted by molar-refractivity contribution is 6.63. The van der Waals surface area contributed by atoms with Gasteiger partial charge in [0.2, 0.25) is 0 Å². The molecule has 0 aromatic rings. The fourth-order valence-electron chi connectivity index (χ4n) is 0. The van der Waals surface area contributed by atoms with E-state index in [-0.39, 0.29) is 0 Å². The van der Waals surface area contributed by atoms with E-state index in [2.05, 4.69) is 4.74 Å². The molecule has 0 saturated heterocycles. The standard InChI is InChI=1S/C2H4O2.CHCl3/c1-4-2-3;2-1(3)4/h2H,1H3;1H. The smallest absolute Gasteiger partial charge is 0.292 e. The minimum absolute atomic E-state index is 0.375. The van der Waals surface area contributed by atoms with Gasteiger partial charge in [0, 0.05) is 0 Å². The summed E-state index contributed by atoms with van der Waals surface area (Å²) in [6.07, 6.45) is 0. The molecule has 0 aliphatic carbocycles. The van der Waals surface area contributed by atoms with E-state index in [1.54, 1.807) is 0 Å². The van der Waals surface area contributed by atoms with Crippen LogP contribution in [0.25, 0.3) is 0 Å². The topological polar surface area (TPSA) is 26.3 Å². The average Bonchev–Trinajstić information content (AvgIpc) is 1.65. The van der Waals surface area contributed by atoms with E-state index >= 15 is 0 Å². The van der Waals surface area contributed by atoms with Gasteiger partial charge in [0.1, 0.15) is 0 Å². The molecule has 0 bridgehead atoms. The molecule has 0 aliphatic rings. The third-order valence-corrected chi connectivity index (χ3v) is 0.0962. The first-order chi connectivity index (χ1) is 3.65. The molecule has 0 rings (SSSR count). The van der Waals surface area contributed by atoms with Gasteiger partial charge < -0.3 is 4.74 Å². The van der Waals surface area contributed by atoms with E-state index in [1.807, 2.05) is 0 Å². The lowest BCUT2D eigenvalue weighted by atomic mass is 11.5. The first-order valence-corrected chi connectivity index (χ1v) is 2.84. The van der Waals surface area contributed by atoms with Crippen LogP contribution in [-0.2, 0) is 9.53 Å². The Morgan fingerprint density at radius 3 is 1.62 bits per heavy atom. The van der Waals surface area contributed by atoms with Crippen LogP contribution in [0.5, 0.6) is 0 Å². The van der Waals surface area contributed by atoms with E-state index in [1.165, 1.54) is 7.11 Å². The number of halogens is 3. The van der Waals surface area contributed by atoms with Gasteiger partial charge >= 0.3 is 0 Å². The Morgan fingerprint density at radius 1 is 1.50 bits per heavy atom. The molecule has 0 amide bonds. The maximum Gasteiger partial charge on any atom is 0.292 e. The van der Waals surface area contributed by atoms with E-state index in [0.29, 0.717) is 6.47 Å². The Hall–Kier alpha value is 0.340. The number of hydrogen-bond acceptors (Lipinski definition) is 2. The van der Waals surface area contributed by atoms with Crippen molar-refractivity contribution in [2.24, 2.45) is 0 Å². The van der Waals surface area contributed by atoms with Crippen molar-refractivity contribution < 1.29 is 9.53 Å². The fraction of sp³-hybridized carbons (Fsp3) is 0.667. The van der Waals surface area contributed by atoms with Crippen LogP contribution in [0.1, 0.15) is 0 Å². The zero-order valence-electron chi connectivity index (χ0n) is 4.11. The molecule has 0 saturated carbocycles. The number of ether oxygens (including phenoxy) is 1. The number of methoxy groups -OCH3 is 1. The number of alkyl halides is 3. The first-order valence-electron chi connectivity index (χ1n) is 1.53. The highest BCUT2D eigenvalue weighted by Gasteiger charge is 1.78. The second-order valence-electron chi connectivity index (χ2n) is 0.579. The van der Waals surface area contributed by atoms with Crippen LogP contribution in [0.3, 0.4) is 0 Å². The summed E-state index contributed by atoms with van der Waals surface area (Å²) < 4.78 is 3.11. The normalized spacial score (nSPS) is 7.12. The molecular formula is C3H5Cl3O2. The zero-order chi connectivity index (χ0) is 6.99. The number of rotatable bonds is 1. The molecule has 0 spiro atoms. The average molecular weight is 179 g/mol.